The number of rotatable bonds is 3. The van der Waals surface area contributed by atoms with Crippen LogP contribution in [0, 0.1) is 0 Å². The number of thiophene rings is 1. The Balaban J connectivity index is 2.24. The van der Waals surface area contributed by atoms with Crippen molar-refractivity contribution in [3.05, 3.63) is 20.9 Å². The molecule has 0 bridgehead atoms. The van der Waals surface area contributed by atoms with E-state index < -0.39 is 0 Å². The van der Waals surface area contributed by atoms with Crippen LogP contribution in [0.15, 0.2) is 15.9 Å². The summed E-state index contributed by atoms with van der Waals surface area (Å²) in [6, 6.07) is 4.06. The van der Waals surface area contributed by atoms with Gasteiger partial charge in [0.25, 0.3) is 0 Å². The van der Waals surface area contributed by atoms with Crippen LogP contribution in [0.25, 0.3) is 9.88 Å². The number of hydrogen-bond acceptors (Lipinski definition) is 5. The van der Waals surface area contributed by atoms with Crippen LogP contribution < -0.4 is 5.73 Å². The van der Waals surface area contributed by atoms with Gasteiger partial charge in [0.05, 0.1) is 8.66 Å². The summed E-state index contributed by atoms with van der Waals surface area (Å²) in [6.45, 7) is 0.628. The number of nitrogens with two attached hydrogens (primary N) is 1. The second kappa shape index (κ2) is 4.48. The molecule has 2 rings (SSSR count). The van der Waals surface area contributed by atoms with Crippen LogP contribution in [0.1, 0.15) is 5.01 Å². The Labute approximate surface area is 98.1 Å². The average molecular weight is 290 g/mol. The van der Waals surface area contributed by atoms with Crippen LogP contribution in [-0.2, 0) is 6.42 Å². The third kappa shape index (κ3) is 2.20. The number of hydrogen-bond donors (Lipinski definition) is 1. The van der Waals surface area contributed by atoms with Crippen molar-refractivity contribution in [2.75, 3.05) is 6.54 Å². The third-order valence-electron chi connectivity index (χ3n) is 1.61. The molecule has 3 nitrogen and oxygen atoms in total. The van der Waals surface area contributed by atoms with E-state index in [4.69, 9.17) is 5.73 Å². The standard InChI is InChI=1S/C8H8BrN3S2/c9-6-2-1-5(13-6)8-12-11-7(14-8)3-4-10/h1-2H,3-4,10H2. The van der Waals surface area contributed by atoms with E-state index in [1.54, 1.807) is 22.7 Å². The lowest BCUT2D eigenvalue weighted by Crippen LogP contribution is -2.01. The molecule has 0 aliphatic rings. The first-order chi connectivity index (χ1) is 6.79. The number of aromatic nitrogens is 2. The van der Waals surface area contributed by atoms with E-state index in [-0.39, 0.29) is 0 Å². The lowest BCUT2D eigenvalue weighted by molar-refractivity contribution is 0.914. The fraction of sp³-hybridized carbons (Fsp3) is 0.250. The normalized spacial score (nSPS) is 10.7. The summed E-state index contributed by atoms with van der Waals surface area (Å²) in [5, 5.41) is 10.2. The summed E-state index contributed by atoms with van der Waals surface area (Å²) in [7, 11) is 0. The van der Waals surface area contributed by atoms with Crippen LogP contribution in [0.4, 0.5) is 0 Å². The fourth-order valence-electron chi connectivity index (χ4n) is 1.01. The molecule has 0 unspecified atom stereocenters. The van der Waals surface area contributed by atoms with Gasteiger partial charge in [0, 0.05) is 6.42 Å². The lowest BCUT2D eigenvalue weighted by atomic mass is 10.5. The van der Waals surface area contributed by atoms with Gasteiger partial charge in [-0.25, -0.2) is 0 Å². The minimum absolute atomic E-state index is 0.628. The van der Waals surface area contributed by atoms with Gasteiger partial charge in [-0.1, -0.05) is 11.3 Å². The Kier molecular flexibility index (Phi) is 3.27. The van der Waals surface area contributed by atoms with Gasteiger partial charge in [0.15, 0.2) is 5.01 Å². The van der Waals surface area contributed by atoms with E-state index >= 15 is 0 Å². The predicted molar refractivity (Wildman–Crippen MR) is 63.7 cm³/mol. The molecule has 0 saturated heterocycles. The molecule has 2 heterocycles. The fourth-order valence-corrected chi connectivity index (χ4v) is 3.30. The van der Waals surface area contributed by atoms with Crippen molar-refractivity contribution in [2.45, 2.75) is 6.42 Å². The summed E-state index contributed by atoms with van der Waals surface area (Å²) < 4.78 is 1.11. The van der Waals surface area contributed by atoms with Crippen LogP contribution in [0.2, 0.25) is 0 Å². The van der Waals surface area contributed by atoms with Gasteiger partial charge in [0.2, 0.25) is 0 Å². The van der Waals surface area contributed by atoms with E-state index in [0.717, 1.165) is 25.1 Å². The summed E-state index contributed by atoms with van der Waals surface area (Å²) in [4.78, 5) is 1.15. The second-order valence-electron chi connectivity index (χ2n) is 2.64. The zero-order chi connectivity index (χ0) is 9.97. The first kappa shape index (κ1) is 10.2. The molecule has 0 spiro atoms. The maximum atomic E-state index is 5.45. The Morgan fingerprint density at radius 1 is 1.29 bits per heavy atom. The molecular formula is C8H8BrN3S2. The van der Waals surface area contributed by atoms with E-state index in [9.17, 15) is 0 Å². The van der Waals surface area contributed by atoms with Gasteiger partial charge in [-0.15, -0.1) is 21.5 Å². The van der Waals surface area contributed by atoms with Gasteiger partial charge in [-0.3, -0.25) is 0 Å². The zero-order valence-electron chi connectivity index (χ0n) is 7.24. The van der Waals surface area contributed by atoms with Crippen molar-refractivity contribution in [3.63, 3.8) is 0 Å². The molecule has 14 heavy (non-hydrogen) atoms. The van der Waals surface area contributed by atoms with E-state index in [1.807, 2.05) is 12.1 Å². The Morgan fingerprint density at radius 3 is 2.79 bits per heavy atom. The minimum Gasteiger partial charge on any atom is -0.330 e. The molecule has 6 heteroatoms. The highest BCUT2D eigenvalue weighted by molar-refractivity contribution is 9.11. The van der Waals surface area contributed by atoms with Crippen molar-refractivity contribution in [1.29, 1.82) is 0 Å². The minimum atomic E-state index is 0.628. The third-order valence-corrected chi connectivity index (χ3v) is 4.38. The first-order valence-corrected chi connectivity index (χ1v) is 6.50. The van der Waals surface area contributed by atoms with Gasteiger partial charge in [-0.05, 0) is 34.6 Å². The number of nitrogens with zero attached hydrogens (tertiary/aromatic N) is 2. The first-order valence-electron chi connectivity index (χ1n) is 4.08. The smallest absolute Gasteiger partial charge is 0.157 e. The summed E-state index contributed by atoms with van der Waals surface area (Å²) in [5.41, 5.74) is 5.45. The summed E-state index contributed by atoms with van der Waals surface area (Å²) in [6.07, 6.45) is 0.810. The topological polar surface area (TPSA) is 51.8 Å². The van der Waals surface area contributed by atoms with Crippen molar-refractivity contribution >= 4 is 38.6 Å². The van der Waals surface area contributed by atoms with Gasteiger partial charge >= 0.3 is 0 Å². The monoisotopic (exact) mass is 289 g/mol. The second-order valence-corrected chi connectivity index (χ2v) is 6.17. The van der Waals surface area contributed by atoms with Gasteiger partial charge in [0.1, 0.15) is 5.01 Å². The Bertz CT molecular complexity index is 424. The predicted octanol–water partition coefficient (Wildman–Crippen LogP) is 2.53. The average Bonchev–Trinajstić information content (AvgIpc) is 2.74. The van der Waals surface area contributed by atoms with Crippen LogP contribution in [0.3, 0.4) is 0 Å². The van der Waals surface area contributed by atoms with Crippen molar-refractivity contribution in [3.8, 4) is 9.88 Å². The molecule has 0 atom stereocenters. The van der Waals surface area contributed by atoms with Crippen LogP contribution >= 0.6 is 38.6 Å². The molecule has 0 aliphatic heterocycles. The molecular weight excluding hydrogens is 282 g/mol. The molecule has 0 radical (unpaired) electrons. The summed E-state index contributed by atoms with van der Waals surface area (Å²) in [5.74, 6) is 0. The Hall–Kier alpha value is -0.300. The van der Waals surface area contributed by atoms with Crippen LogP contribution in [-0.4, -0.2) is 16.7 Å². The van der Waals surface area contributed by atoms with Gasteiger partial charge < -0.3 is 5.73 Å². The lowest BCUT2D eigenvalue weighted by Gasteiger charge is -1.86. The molecule has 2 aromatic rings. The quantitative estimate of drug-likeness (QED) is 0.945. The SMILES string of the molecule is NCCc1nnc(-c2ccc(Br)s2)s1. The maximum absolute atomic E-state index is 5.45. The molecule has 0 aromatic carbocycles. The maximum Gasteiger partial charge on any atom is 0.157 e. The molecule has 0 amide bonds. The van der Waals surface area contributed by atoms with Crippen molar-refractivity contribution in [2.24, 2.45) is 5.73 Å². The highest BCUT2D eigenvalue weighted by atomic mass is 79.9. The molecule has 0 saturated carbocycles. The molecule has 74 valence electrons. The zero-order valence-corrected chi connectivity index (χ0v) is 10.5. The van der Waals surface area contributed by atoms with Crippen LogP contribution in [0.5, 0.6) is 0 Å². The van der Waals surface area contributed by atoms with E-state index in [0.29, 0.717) is 6.54 Å². The van der Waals surface area contributed by atoms with E-state index in [1.165, 1.54) is 0 Å². The van der Waals surface area contributed by atoms with Gasteiger partial charge in [-0.2, -0.15) is 0 Å². The molecule has 2 aromatic heterocycles. The van der Waals surface area contributed by atoms with Crippen molar-refractivity contribution < 1.29 is 0 Å². The van der Waals surface area contributed by atoms with Crippen molar-refractivity contribution in [1.82, 2.24) is 10.2 Å². The number of halogens is 1. The molecule has 0 aliphatic carbocycles. The highest BCUT2D eigenvalue weighted by Crippen LogP contribution is 2.32. The van der Waals surface area contributed by atoms with E-state index in [2.05, 4.69) is 26.1 Å². The molecule has 0 fully saturated rings. The largest absolute Gasteiger partial charge is 0.330 e. The Morgan fingerprint density at radius 2 is 2.14 bits per heavy atom. The highest BCUT2D eigenvalue weighted by Gasteiger charge is 2.07. The molecule has 2 N–H and O–H groups in total. The summed E-state index contributed by atoms with van der Waals surface area (Å²) >= 11 is 6.70.